The van der Waals surface area contributed by atoms with Gasteiger partial charge in [-0.05, 0) is 25.7 Å². The Morgan fingerprint density at radius 3 is 2.88 bits per heavy atom. The molecule has 17 heavy (non-hydrogen) atoms. The molecule has 0 bridgehead atoms. The van der Waals surface area contributed by atoms with Crippen molar-refractivity contribution in [2.45, 2.75) is 50.5 Å². The summed E-state index contributed by atoms with van der Waals surface area (Å²) >= 11 is 1.56. The number of hydrogen-bond acceptors (Lipinski definition) is 5. The largest absolute Gasteiger partial charge is 0.343 e. The van der Waals surface area contributed by atoms with Crippen LogP contribution in [0.1, 0.15) is 50.3 Å². The Hall–Kier alpha value is -0.680. The molecule has 1 unspecified atom stereocenters. The molecule has 4 nitrogen and oxygen atoms in total. The summed E-state index contributed by atoms with van der Waals surface area (Å²) in [6.45, 7) is 1.83. The fourth-order valence-corrected chi connectivity index (χ4v) is 3.37. The van der Waals surface area contributed by atoms with Gasteiger partial charge in [0.1, 0.15) is 5.82 Å². The lowest BCUT2D eigenvalue weighted by molar-refractivity contribution is 0.578. The van der Waals surface area contributed by atoms with E-state index < -0.39 is 0 Å². The molecule has 2 fully saturated rings. The topological polar surface area (TPSA) is 55.0 Å². The summed E-state index contributed by atoms with van der Waals surface area (Å²) in [5.74, 6) is 1.73. The van der Waals surface area contributed by atoms with Gasteiger partial charge in [0.05, 0.1) is 0 Å². The molecule has 0 spiro atoms. The van der Waals surface area contributed by atoms with Crippen LogP contribution < -0.4 is 10.6 Å². The van der Waals surface area contributed by atoms with Gasteiger partial charge in [-0.1, -0.05) is 12.8 Å². The van der Waals surface area contributed by atoms with Crippen LogP contribution in [0.15, 0.2) is 0 Å². The van der Waals surface area contributed by atoms with Crippen LogP contribution in [-0.4, -0.2) is 28.5 Å². The molecule has 0 radical (unpaired) electrons. The van der Waals surface area contributed by atoms with E-state index in [1.165, 1.54) is 38.5 Å². The fourth-order valence-electron chi connectivity index (χ4n) is 2.52. The average Bonchev–Trinajstić information content (AvgIpc) is 3.13. The van der Waals surface area contributed by atoms with Crippen molar-refractivity contribution in [1.29, 1.82) is 0 Å². The van der Waals surface area contributed by atoms with Gasteiger partial charge in [0.25, 0.3) is 0 Å². The number of aromatic nitrogens is 2. The normalized spacial score (nSPS) is 25.9. The predicted octanol–water partition coefficient (Wildman–Crippen LogP) is 2.12. The third-order valence-corrected chi connectivity index (χ3v) is 4.54. The lowest BCUT2D eigenvalue weighted by Gasteiger charge is -2.28. The maximum absolute atomic E-state index is 5.89. The Morgan fingerprint density at radius 1 is 1.24 bits per heavy atom. The van der Waals surface area contributed by atoms with Gasteiger partial charge in [0, 0.05) is 36.6 Å². The Morgan fingerprint density at radius 2 is 2.12 bits per heavy atom. The minimum atomic E-state index is 0.470. The van der Waals surface area contributed by atoms with Gasteiger partial charge in [0.2, 0.25) is 5.13 Å². The lowest BCUT2D eigenvalue weighted by atomic mass is 10.1. The van der Waals surface area contributed by atoms with E-state index in [0.29, 0.717) is 12.0 Å². The summed E-state index contributed by atoms with van der Waals surface area (Å²) < 4.78 is 4.50. The van der Waals surface area contributed by atoms with Crippen molar-refractivity contribution >= 4 is 16.7 Å². The van der Waals surface area contributed by atoms with Gasteiger partial charge in [-0.2, -0.15) is 4.37 Å². The zero-order chi connectivity index (χ0) is 11.7. The maximum atomic E-state index is 5.89. The van der Waals surface area contributed by atoms with Crippen molar-refractivity contribution in [3.8, 4) is 0 Å². The molecule has 0 aromatic carbocycles. The highest BCUT2D eigenvalue weighted by molar-refractivity contribution is 7.09. The molecule has 2 aliphatic rings. The summed E-state index contributed by atoms with van der Waals surface area (Å²) in [7, 11) is 0. The monoisotopic (exact) mass is 252 g/mol. The van der Waals surface area contributed by atoms with E-state index in [1.54, 1.807) is 11.5 Å². The van der Waals surface area contributed by atoms with Crippen LogP contribution in [0.5, 0.6) is 0 Å². The number of hydrogen-bond donors (Lipinski definition) is 1. The molecule has 3 rings (SSSR count). The number of rotatable bonds is 3. The van der Waals surface area contributed by atoms with Crippen LogP contribution in [-0.2, 0) is 0 Å². The second-order valence-corrected chi connectivity index (χ2v) is 5.87. The van der Waals surface area contributed by atoms with Crippen LogP contribution in [0.4, 0.5) is 5.13 Å². The van der Waals surface area contributed by atoms with Gasteiger partial charge >= 0.3 is 0 Å². The highest BCUT2D eigenvalue weighted by Gasteiger charge is 2.30. The van der Waals surface area contributed by atoms with Crippen LogP contribution in [0.2, 0.25) is 0 Å². The van der Waals surface area contributed by atoms with Crippen molar-refractivity contribution < 1.29 is 0 Å². The molecule has 2 N–H and O–H groups in total. The number of nitrogens with two attached hydrogens (primary N) is 1. The number of nitrogens with zero attached hydrogens (tertiary/aromatic N) is 3. The van der Waals surface area contributed by atoms with Gasteiger partial charge < -0.3 is 10.6 Å². The molecular weight excluding hydrogens is 232 g/mol. The molecular formula is C12H20N4S. The summed E-state index contributed by atoms with van der Waals surface area (Å²) in [6.07, 6.45) is 7.63. The average molecular weight is 252 g/mol. The molecule has 2 heterocycles. The first-order valence-electron chi connectivity index (χ1n) is 6.69. The zero-order valence-electron chi connectivity index (χ0n) is 10.1. The predicted molar refractivity (Wildman–Crippen MR) is 70.5 cm³/mol. The molecule has 1 aromatic rings. The van der Waals surface area contributed by atoms with E-state index in [4.69, 9.17) is 10.7 Å². The van der Waals surface area contributed by atoms with Gasteiger partial charge in [0.15, 0.2) is 0 Å². The third-order valence-electron chi connectivity index (χ3n) is 3.77. The smallest absolute Gasteiger partial charge is 0.205 e. The van der Waals surface area contributed by atoms with E-state index in [9.17, 15) is 0 Å². The molecule has 0 amide bonds. The molecule has 1 aromatic heterocycles. The highest BCUT2D eigenvalue weighted by atomic mass is 32.1. The Labute approximate surface area is 106 Å². The van der Waals surface area contributed by atoms with Crippen LogP contribution >= 0.6 is 11.5 Å². The van der Waals surface area contributed by atoms with E-state index in [1.807, 2.05) is 0 Å². The highest BCUT2D eigenvalue weighted by Crippen LogP contribution is 2.40. The number of anilines is 1. The maximum Gasteiger partial charge on any atom is 0.205 e. The lowest BCUT2D eigenvalue weighted by Crippen LogP contribution is -2.40. The zero-order valence-corrected chi connectivity index (χ0v) is 11.0. The standard InChI is InChI=1S/C12H20N4S/c13-8-10-4-2-1-3-7-16(10)12-14-11(15-17-12)9-5-6-9/h9-10H,1-8,13H2. The van der Waals surface area contributed by atoms with E-state index in [0.717, 1.165) is 24.0 Å². The quantitative estimate of drug-likeness (QED) is 0.895. The summed E-state index contributed by atoms with van der Waals surface area (Å²) in [5.41, 5.74) is 5.89. The van der Waals surface area contributed by atoms with Crippen molar-refractivity contribution in [2.24, 2.45) is 5.73 Å². The first-order valence-corrected chi connectivity index (χ1v) is 7.46. The van der Waals surface area contributed by atoms with Gasteiger partial charge in [-0.25, -0.2) is 4.98 Å². The fraction of sp³-hybridized carbons (Fsp3) is 0.833. The van der Waals surface area contributed by atoms with Crippen molar-refractivity contribution in [1.82, 2.24) is 9.36 Å². The molecule has 94 valence electrons. The van der Waals surface area contributed by atoms with E-state index in [2.05, 4.69) is 9.27 Å². The van der Waals surface area contributed by atoms with Crippen molar-refractivity contribution in [3.63, 3.8) is 0 Å². The second-order valence-electron chi connectivity index (χ2n) is 5.14. The van der Waals surface area contributed by atoms with Crippen molar-refractivity contribution in [2.75, 3.05) is 18.0 Å². The molecule has 5 heteroatoms. The minimum absolute atomic E-state index is 0.470. The molecule has 1 saturated heterocycles. The van der Waals surface area contributed by atoms with E-state index in [-0.39, 0.29) is 0 Å². The molecule has 1 aliphatic heterocycles. The summed E-state index contributed by atoms with van der Waals surface area (Å²) in [5, 5.41) is 1.10. The minimum Gasteiger partial charge on any atom is -0.343 e. The first-order chi connectivity index (χ1) is 8.38. The molecule has 1 aliphatic carbocycles. The molecule has 1 saturated carbocycles. The third kappa shape index (κ3) is 2.45. The summed E-state index contributed by atoms with van der Waals surface area (Å²) in [6, 6.07) is 0.470. The van der Waals surface area contributed by atoms with Gasteiger partial charge in [-0.15, -0.1) is 0 Å². The van der Waals surface area contributed by atoms with Crippen molar-refractivity contribution in [3.05, 3.63) is 5.82 Å². The molecule has 1 atom stereocenters. The van der Waals surface area contributed by atoms with Gasteiger partial charge in [-0.3, -0.25) is 0 Å². The van der Waals surface area contributed by atoms with E-state index >= 15 is 0 Å². The SMILES string of the molecule is NCC1CCCCCN1c1nc(C2CC2)ns1. The second kappa shape index (κ2) is 4.90. The first kappa shape index (κ1) is 11.4. The van der Waals surface area contributed by atoms with Crippen LogP contribution in [0, 0.1) is 0 Å². The summed E-state index contributed by atoms with van der Waals surface area (Å²) in [4.78, 5) is 7.11. The Kier molecular flexibility index (Phi) is 3.29. The van der Waals surface area contributed by atoms with Crippen LogP contribution in [0.25, 0.3) is 0 Å². The Bertz CT molecular complexity index is 374. The van der Waals surface area contributed by atoms with Crippen LogP contribution in [0.3, 0.4) is 0 Å². The Balaban J connectivity index is 1.78.